The highest BCUT2D eigenvalue weighted by molar-refractivity contribution is 5.99. The Balaban J connectivity index is 1.23. The molecule has 9 rings (SSSR count). The predicted molar refractivity (Wildman–Crippen MR) is 227 cm³/mol. The molecule has 0 saturated carbocycles. The first-order valence-electron chi connectivity index (χ1n) is 18.3. The largest absolute Gasteiger partial charge is 0.507 e. The average molecular weight is 692 g/mol. The summed E-state index contributed by atoms with van der Waals surface area (Å²) in [5.41, 5.74) is 13.9. The second-order valence-corrected chi connectivity index (χ2v) is 13.5. The van der Waals surface area contributed by atoms with Gasteiger partial charge in [-0.25, -0.2) is 0 Å². The summed E-state index contributed by atoms with van der Waals surface area (Å²) in [5.74, 6) is 0.275. The fourth-order valence-electron chi connectivity index (χ4n) is 7.43. The van der Waals surface area contributed by atoms with Crippen LogP contribution < -0.4 is 4.90 Å². The third kappa shape index (κ3) is 6.42. The number of fused-ring (bicyclic) bond motifs is 1. The zero-order valence-electron chi connectivity index (χ0n) is 29.7. The van der Waals surface area contributed by atoms with Crippen LogP contribution in [0.4, 0.5) is 17.1 Å². The van der Waals surface area contributed by atoms with E-state index in [0.29, 0.717) is 0 Å². The highest BCUT2D eigenvalue weighted by Crippen LogP contribution is 2.45. The molecule has 0 amide bonds. The van der Waals surface area contributed by atoms with Crippen molar-refractivity contribution in [1.29, 1.82) is 0 Å². The van der Waals surface area contributed by atoms with E-state index in [1.54, 1.807) is 0 Å². The molecule has 9 aromatic carbocycles. The summed E-state index contributed by atoms with van der Waals surface area (Å²) in [5, 5.41) is 13.8. The molecule has 0 atom stereocenters. The van der Waals surface area contributed by atoms with Crippen molar-refractivity contribution in [2.75, 3.05) is 4.90 Å². The van der Waals surface area contributed by atoms with Crippen LogP contribution in [-0.2, 0) is 0 Å². The predicted octanol–water partition coefficient (Wildman–Crippen LogP) is 14.4. The van der Waals surface area contributed by atoms with E-state index in [1.165, 1.54) is 11.1 Å². The Morgan fingerprint density at radius 1 is 0.278 bits per heavy atom. The topological polar surface area (TPSA) is 23.5 Å². The highest BCUT2D eigenvalue weighted by Gasteiger charge is 2.19. The van der Waals surface area contributed by atoms with Gasteiger partial charge in [-0.3, -0.25) is 0 Å². The van der Waals surface area contributed by atoms with Gasteiger partial charge in [-0.15, -0.1) is 0 Å². The van der Waals surface area contributed by atoms with Crippen molar-refractivity contribution in [3.05, 3.63) is 218 Å². The van der Waals surface area contributed by atoms with Crippen LogP contribution in [0.5, 0.6) is 5.75 Å². The number of rotatable bonds is 8. The van der Waals surface area contributed by atoms with Gasteiger partial charge in [-0.1, -0.05) is 170 Å². The maximum atomic E-state index is 11.9. The lowest BCUT2D eigenvalue weighted by Gasteiger charge is -2.27. The van der Waals surface area contributed by atoms with Crippen LogP contribution in [0.2, 0.25) is 0 Å². The molecular formula is C52H37NO. The lowest BCUT2D eigenvalue weighted by atomic mass is 9.90. The van der Waals surface area contributed by atoms with E-state index in [-0.39, 0.29) is 5.75 Å². The molecule has 256 valence electrons. The van der Waals surface area contributed by atoms with Crippen LogP contribution in [0.15, 0.2) is 218 Å². The number of nitrogens with zero attached hydrogens (tertiary/aromatic N) is 1. The summed E-state index contributed by atoms with van der Waals surface area (Å²) in [6.07, 6.45) is 0. The summed E-state index contributed by atoms with van der Waals surface area (Å²) in [4.78, 5) is 2.30. The molecule has 0 aliphatic carbocycles. The van der Waals surface area contributed by atoms with Gasteiger partial charge in [0, 0.05) is 28.0 Å². The molecule has 9 aromatic rings. The fraction of sp³-hybridized carbons (Fsp3) is 0. The van der Waals surface area contributed by atoms with Crippen LogP contribution in [0.3, 0.4) is 0 Å². The smallest absolute Gasteiger partial charge is 0.131 e. The molecule has 1 N–H and O–H groups in total. The normalized spacial score (nSPS) is 11.0. The van der Waals surface area contributed by atoms with Gasteiger partial charge >= 0.3 is 0 Å². The summed E-state index contributed by atoms with van der Waals surface area (Å²) < 4.78 is 0. The fourth-order valence-corrected chi connectivity index (χ4v) is 7.43. The van der Waals surface area contributed by atoms with Gasteiger partial charge in [0.1, 0.15) is 5.75 Å². The molecule has 54 heavy (non-hydrogen) atoms. The standard InChI is InChI=1S/C52H37NO/c54-52-49-22-11-10-19-42(49)27-33-50(52)51-36-47(32-34-48(51)44-21-12-20-43(35-44)39-17-8-3-9-18-39)53(45-28-23-40(24-29-45)37-13-4-1-5-14-37)46-30-25-41(26-31-46)38-15-6-2-7-16-38/h1-36,54H. The SMILES string of the molecule is Oc1c(-c2cc(N(c3ccc(-c4ccccc4)cc3)c3ccc(-c4ccccc4)cc3)ccc2-c2cccc(-c3ccccc3)c2)ccc2ccccc12. The molecule has 0 aromatic heterocycles. The van der Waals surface area contributed by atoms with Gasteiger partial charge in [0.2, 0.25) is 0 Å². The molecule has 0 radical (unpaired) electrons. The Morgan fingerprint density at radius 3 is 1.31 bits per heavy atom. The summed E-state index contributed by atoms with van der Waals surface area (Å²) in [7, 11) is 0. The number of anilines is 3. The van der Waals surface area contributed by atoms with Crippen LogP contribution >= 0.6 is 0 Å². The number of benzene rings is 9. The minimum absolute atomic E-state index is 0.275. The van der Waals surface area contributed by atoms with E-state index < -0.39 is 0 Å². The third-order valence-electron chi connectivity index (χ3n) is 10.2. The Hall–Kier alpha value is -7.16. The second-order valence-electron chi connectivity index (χ2n) is 13.5. The zero-order chi connectivity index (χ0) is 36.3. The van der Waals surface area contributed by atoms with E-state index in [4.69, 9.17) is 0 Å². The highest BCUT2D eigenvalue weighted by atomic mass is 16.3. The molecule has 2 nitrogen and oxygen atoms in total. The van der Waals surface area contributed by atoms with Gasteiger partial charge in [0.25, 0.3) is 0 Å². The molecule has 0 unspecified atom stereocenters. The van der Waals surface area contributed by atoms with Gasteiger partial charge in [0.15, 0.2) is 0 Å². The van der Waals surface area contributed by atoms with Gasteiger partial charge in [0.05, 0.1) is 0 Å². The first-order valence-corrected chi connectivity index (χ1v) is 18.3. The van der Waals surface area contributed by atoms with Crippen LogP contribution in [-0.4, -0.2) is 5.11 Å². The molecule has 0 saturated heterocycles. The molecular weight excluding hydrogens is 655 g/mol. The van der Waals surface area contributed by atoms with E-state index in [9.17, 15) is 5.11 Å². The minimum atomic E-state index is 0.275. The molecule has 0 fully saturated rings. The summed E-state index contributed by atoms with van der Waals surface area (Å²) in [6.45, 7) is 0. The average Bonchev–Trinajstić information content (AvgIpc) is 3.25. The number of phenolic OH excluding ortho intramolecular Hbond substituents is 1. The maximum Gasteiger partial charge on any atom is 0.131 e. The monoisotopic (exact) mass is 691 g/mol. The number of phenols is 1. The minimum Gasteiger partial charge on any atom is -0.507 e. The van der Waals surface area contributed by atoms with Crippen molar-refractivity contribution >= 4 is 27.8 Å². The Bertz CT molecular complexity index is 2600. The molecule has 0 spiro atoms. The summed E-state index contributed by atoms with van der Waals surface area (Å²) in [6, 6.07) is 76.4. The lowest BCUT2D eigenvalue weighted by Crippen LogP contribution is -2.10. The van der Waals surface area contributed by atoms with Crippen molar-refractivity contribution in [3.8, 4) is 61.4 Å². The summed E-state index contributed by atoms with van der Waals surface area (Å²) >= 11 is 0. The number of hydrogen-bond donors (Lipinski definition) is 1. The van der Waals surface area contributed by atoms with Crippen molar-refractivity contribution < 1.29 is 5.11 Å². The molecule has 2 heteroatoms. The van der Waals surface area contributed by atoms with Gasteiger partial charge in [-0.05, 0) is 104 Å². The molecule has 0 aliphatic rings. The van der Waals surface area contributed by atoms with Gasteiger partial charge < -0.3 is 10.0 Å². The van der Waals surface area contributed by atoms with Gasteiger partial charge in [-0.2, -0.15) is 0 Å². The van der Waals surface area contributed by atoms with Crippen LogP contribution in [0.1, 0.15) is 0 Å². The first-order chi connectivity index (χ1) is 26.7. The second kappa shape index (κ2) is 14.5. The van der Waals surface area contributed by atoms with E-state index in [1.807, 2.05) is 42.5 Å². The van der Waals surface area contributed by atoms with Crippen molar-refractivity contribution in [3.63, 3.8) is 0 Å². The van der Waals surface area contributed by atoms with Crippen molar-refractivity contribution in [2.24, 2.45) is 0 Å². The number of hydrogen-bond acceptors (Lipinski definition) is 2. The molecule has 0 aliphatic heterocycles. The van der Waals surface area contributed by atoms with Crippen molar-refractivity contribution in [1.82, 2.24) is 0 Å². The third-order valence-corrected chi connectivity index (χ3v) is 10.2. The van der Waals surface area contributed by atoms with Crippen LogP contribution in [0.25, 0.3) is 66.4 Å². The number of aromatic hydroxyl groups is 1. The molecule has 0 bridgehead atoms. The first kappa shape index (κ1) is 32.7. The Morgan fingerprint density at radius 2 is 0.722 bits per heavy atom. The molecule has 0 heterocycles. The van der Waals surface area contributed by atoms with E-state index >= 15 is 0 Å². The van der Waals surface area contributed by atoms with E-state index in [2.05, 4.69) is 181 Å². The Kier molecular flexibility index (Phi) is 8.76. The van der Waals surface area contributed by atoms with Crippen molar-refractivity contribution in [2.45, 2.75) is 0 Å². The van der Waals surface area contributed by atoms with Crippen LogP contribution in [0, 0.1) is 0 Å². The van der Waals surface area contributed by atoms with E-state index in [0.717, 1.165) is 72.3 Å². The quantitative estimate of drug-likeness (QED) is 0.171. The maximum absolute atomic E-state index is 11.9. The lowest BCUT2D eigenvalue weighted by molar-refractivity contribution is 0.483. The zero-order valence-corrected chi connectivity index (χ0v) is 29.7. The Labute approximate surface area is 316 Å².